The predicted octanol–water partition coefficient (Wildman–Crippen LogP) is 3.93. The average Bonchev–Trinajstić information content (AvgIpc) is 3.19. The smallest absolute Gasteiger partial charge is 0.317 e. The SMILES string of the molecule is Cc1ccc(C(C)NC(=O)NC2N=C(c3ccccc3F)c3ccccc3N(C)C2=O)o1. The minimum absolute atomic E-state index is 0.245. The molecule has 1 aromatic heterocycles. The summed E-state index contributed by atoms with van der Waals surface area (Å²) in [5, 5.41) is 5.35. The lowest BCUT2D eigenvalue weighted by Gasteiger charge is -2.21. The van der Waals surface area contributed by atoms with Crippen molar-refractivity contribution < 1.29 is 18.4 Å². The summed E-state index contributed by atoms with van der Waals surface area (Å²) in [6.45, 7) is 3.58. The molecule has 164 valence electrons. The van der Waals surface area contributed by atoms with E-state index in [4.69, 9.17) is 4.42 Å². The Bertz CT molecular complexity index is 1200. The molecule has 2 N–H and O–H groups in total. The van der Waals surface area contributed by atoms with Crippen molar-refractivity contribution in [1.29, 1.82) is 0 Å². The molecule has 8 heteroatoms. The number of likely N-dealkylation sites (N-methyl/N-ethyl adjacent to an activating group) is 1. The van der Waals surface area contributed by atoms with Crippen LogP contribution in [0, 0.1) is 12.7 Å². The lowest BCUT2D eigenvalue weighted by atomic mass is 10.00. The van der Waals surface area contributed by atoms with Crippen LogP contribution in [0.15, 0.2) is 70.1 Å². The van der Waals surface area contributed by atoms with Gasteiger partial charge >= 0.3 is 6.03 Å². The second-order valence-electron chi connectivity index (χ2n) is 7.56. The molecule has 0 fully saturated rings. The number of rotatable bonds is 4. The van der Waals surface area contributed by atoms with Gasteiger partial charge in [0.2, 0.25) is 6.17 Å². The monoisotopic (exact) mass is 434 g/mol. The first kappa shape index (κ1) is 21.3. The molecule has 1 aliphatic rings. The van der Waals surface area contributed by atoms with Crippen molar-refractivity contribution in [2.45, 2.75) is 26.1 Å². The zero-order valence-corrected chi connectivity index (χ0v) is 17.9. The molecule has 0 radical (unpaired) electrons. The molecule has 0 bridgehead atoms. The maximum absolute atomic E-state index is 14.7. The van der Waals surface area contributed by atoms with Crippen LogP contribution in [0.2, 0.25) is 0 Å². The number of urea groups is 1. The third kappa shape index (κ3) is 4.12. The number of benzene rings is 2. The molecule has 0 aliphatic carbocycles. The van der Waals surface area contributed by atoms with Crippen LogP contribution < -0.4 is 15.5 Å². The van der Waals surface area contributed by atoms with Crippen molar-refractivity contribution in [2.75, 3.05) is 11.9 Å². The summed E-state index contributed by atoms with van der Waals surface area (Å²) in [5.74, 6) is 0.403. The Kier molecular flexibility index (Phi) is 5.77. The Balaban J connectivity index is 1.67. The molecule has 3 amide bonds. The van der Waals surface area contributed by atoms with E-state index >= 15 is 0 Å². The highest BCUT2D eigenvalue weighted by Crippen LogP contribution is 2.28. The van der Waals surface area contributed by atoms with Crippen molar-refractivity contribution in [3.05, 3.63) is 89.1 Å². The van der Waals surface area contributed by atoms with E-state index in [2.05, 4.69) is 15.6 Å². The topological polar surface area (TPSA) is 86.9 Å². The van der Waals surface area contributed by atoms with Crippen molar-refractivity contribution in [3.8, 4) is 0 Å². The highest BCUT2D eigenvalue weighted by atomic mass is 19.1. The number of halogens is 1. The molecule has 0 saturated carbocycles. The predicted molar refractivity (Wildman–Crippen MR) is 119 cm³/mol. The molecule has 3 aromatic rings. The van der Waals surface area contributed by atoms with Crippen LogP contribution in [0.5, 0.6) is 0 Å². The van der Waals surface area contributed by atoms with Gasteiger partial charge in [-0.3, -0.25) is 4.79 Å². The Morgan fingerprint density at radius 3 is 2.47 bits per heavy atom. The number of aliphatic imine (C=N–C) groups is 1. The fourth-order valence-electron chi connectivity index (χ4n) is 3.60. The number of benzodiazepines with no additional fused rings is 1. The number of carbonyl (C=O) groups is 2. The molecule has 32 heavy (non-hydrogen) atoms. The summed E-state index contributed by atoms with van der Waals surface area (Å²) in [6.07, 6.45) is -1.24. The molecule has 0 spiro atoms. The van der Waals surface area contributed by atoms with Crippen LogP contribution in [-0.4, -0.2) is 30.9 Å². The molecule has 4 rings (SSSR count). The minimum Gasteiger partial charge on any atom is -0.464 e. The fraction of sp³-hybridized carbons (Fsp3) is 0.208. The lowest BCUT2D eigenvalue weighted by Crippen LogP contribution is -2.49. The third-order valence-corrected chi connectivity index (χ3v) is 5.28. The Morgan fingerprint density at radius 2 is 1.78 bits per heavy atom. The van der Waals surface area contributed by atoms with Crippen LogP contribution in [0.25, 0.3) is 0 Å². The Hall–Kier alpha value is -3.94. The van der Waals surface area contributed by atoms with Crippen molar-refractivity contribution in [1.82, 2.24) is 10.6 Å². The number of aryl methyl sites for hydroxylation is 1. The number of amides is 3. The number of anilines is 1. The van der Waals surface area contributed by atoms with Crippen LogP contribution >= 0.6 is 0 Å². The molecule has 2 heterocycles. The van der Waals surface area contributed by atoms with E-state index in [1.807, 2.05) is 6.92 Å². The number of hydrogen-bond acceptors (Lipinski definition) is 4. The van der Waals surface area contributed by atoms with Gasteiger partial charge in [-0.05, 0) is 44.2 Å². The van der Waals surface area contributed by atoms with Crippen molar-refractivity contribution in [3.63, 3.8) is 0 Å². The zero-order valence-electron chi connectivity index (χ0n) is 17.9. The van der Waals surface area contributed by atoms with Gasteiger partial charge < -0.3 is 20.0 Å². The van der Waals surface area contributed by atoms with Gasteiger partial charge in [0.25, 0.3) is 5.91 Å². The van der Waals surface area contributed by atoms with Crippen molar-refractivity contribution in [2.24, 2.45) is 4.99 Å². The quantitative estimate of drug-likeness (QED) is 0.652. The summed E-state index contributed by atoms with van der Waals surface area (Å²) in [6, 6.07) is 15.9. The molecule has 2 atom stereocenters. The van der Waals surface area contributed by atoms with Gasteiger partial charge in [-0.1, -0.05) is 30.3 Å². The van der Waals surface area contributed by atoms with Crippen LogP contribution in [0.1, 0.15) is 35.6 Å². The normalized spacial score (nSPS) is 16.6. The van der Waals surface area contributed by atoms with E-state index < -0.39 is 30.0 Å². The molecule has 7 nitrogen and oxygen atoms in total. The third-order valence-electron chi connectivity index (χ3n) is 5.28. The highest BCUT2D eigenvalue weighted by molar-refractivity contribution is 6.20. The van der Waals surface area contributed by atoms with Gasteiger partial charge in [0, 0.05) is 18.2 Å². The summed E-state index contributed by atoms with van der Waals surface area (Å²) in [5.41, 5.74) is 1.70. The first-order chi connectivity index (χ1) is 15.3. The number of furan rings is 1. The second kappa shape index (κ2) is 8.66. The molecule has 2 aromatic carbocycles. The van der Waals surface area contributed by atoms with Crippen LogP contribution in [-0.2, 0) is 4.79 Å². The van der Waals surface area contributed by atoms with E-state index in [0.29, 0.717) is 17.0 Å². The summed E-state index contributed by atoms with van der Waals surface area (Å²) in [7, 11) is 1.60. The Morgan fingerprint density at radius 1 is 1.09 bits per heavy atom. The maximum Gasteiger partial charge on any atom is 0.317 e. The number of nitrogens with one attached hydrogen (secondary N) is 2. The molecular weight excluding hydrogens is 411 g/mol. The number of nitrogens with zero attached hydrogens (tertiary/aromatic N) is 2. The van der Waals surface area contributed by atoms with Gasteiger partial charge in [-0.25, -0.2) is 14.2 Å². The largest absolute Gasteiger partial charge is 0.464 e. The highest BCUT2D eigenvalue weighted by Gasteiger charge is 2.32. The van der Waals surface area contributed by atoms with Gasteiger partial charge in [0.05, 0.1) is 17.4 Å². The van der Waals surface area contributed by atoms with E-state index in [-0.39, 0.29) is 11.3 Å². The summed E-state index contributed by atoms with van der Waals surface area (Å²) >= 11 is 0. The van der Waals surface area contributed by atoms with Crippen molar-refractivity contribution >= 4 is 23.3 Å². The van der Waals surface area contributed by atoms with Gasteiger partial charge in [-0.2, -0.15) is 0 Å². The number of para-hydroxylation sites is 1. The zero-order chi connectivity index (χ0) is 22.8. The first-order valence-corrected chi connectivity index (χ1v) is 10.2. The summed E-state index contributed by atoms with van der Waals surface area (Å²) in [4.78, 5) is 31.7. The van der Waals surface area contributed by atoms with E-state index in [0.717, 1.165) is 5.76 Å². The van der Waals surface area contributed by atoms with Gasteiger partial charge in [0.15, 0.2) is 0 Å². The molecule has 0 saturated heterocycles. The standard InChI is InChI=1S/C24H23FN4O3/c1-14-12-13-20(32-14)15(2)26-24(31)28-22-23(30)29(3)19-11-7-5-9-17(19)21(27-22)16-8-4-6-10-18(16)25/h4-13,15,22H,1-3H3,(H2,26,28,31). The van der Waals surface area contributed by atoms with Gasteiger partial charge in [0.1, 0.15) is 17.3 Å². The average molecular weight is 434 g/mol. The molecular formula is C24H23FN4O3. The maximum atomic E-state index is 14.7. The van der Waals surface area contributed by atoms with E-state index in [1.54, 1.807) is 68.6 Å². The lowest BCUT2D eigenvalue weighted by molar-refractivity contribution is -0.119. The minimum atomic E-state index is -1.24. The Labute approximate surface area is 184 Å². The first-order valence-electron chi connectivity index (χ1n) is 10.2. The number of fused-ring (bicyclic) bond motifs is 1. The molecule has 2 unspecified atom stereocenters. The fourth-order valence-corrected chi connectivity index (χ4v) is 3.60. The second-order valence-corrected chi connectivity index (χ2v) is 7.56. The van der Waals surface area contributed by atoms with E-state index in [9.17, 15) is 14.0 Å². The number of hydrogen-bond donors (Lipinski definition) is 2. The molecule has 1 aliphatic heterocycles. The van der Waals surface area contributed by atoms with Gasteiger partial charge in [-0.15, -0.1) is 0 Å². The summed E-state index contributed by atoms with van der Waals surface area (Å²) < 4.78 is 20.2. The van der Waals surface area contributed by atoms with Crippen LogP contribution in [0.3, 0.4) is 0 Å². The number of carbonyl (C=O) groups excluding carboxylic acids is 2. The van der Waals surface area contributed by atoms with E-state index in [1.165, 1.54) is 11.0 Å². The van der Waals surface area contributed by atoms with Crippen LogP contribution in [0.4, 0.5) is 14.9 Å².